The van der Waals surface area contributed by atoms with Crippen LogP contribution in [0.1, 0.15) is 5.89 Å². The minimum Gasteiger partial charge on any atom is -0.421 e. The molecular weight excluding hydrogens is 234 g/mol. The molecule has 0 aliphatic rings. The highest BCUT2D eigenvalue weighted by Crippen LogP contribution is 2.17. The van der Waals surface area contributed by atoms with Crippen molar-refractivity contribution in [2.45, 2.75) is 6.54 Å². The lowest BCUT2D eigenvalue weighted by Gasteiger charge is -1.87. The van der Waals surface area contributed by atoms with Crippen LogP contribution in [0.4, 0.5) is 0 Å². The van der Waals surface area contributed by atoms with Crippen LogP contribution in [0.25, 0.3) is 11.2 Å². The molecule has 0 atom stereocenters. The molecule has 1 N–H and O–H groups in total. The van der Waals surface area contributed by atoms with E-state index in [2.05, 4.69) is 31.2 Å². The number of nitrogens with zero attached hydrogens (tertiary/aromatic N) is 2. The van der Waals surface area contributed by atoms with E-state index in [-0.39, 0.29) is 0 Å². The first-order valence-electron chi connectivity index (χ1n) is 3.85. The van der Waals surface area contributed by atoms with Gasteiger partial charge in [0, 0.05) is 10.7 Å². The SMILES string of the molecule is CNCc1nc2cc(Br)cnc2o1. The summed E-state index contributed by atoms with van der Waals surface area (Å²) in [4.78, 5) is 8.32. The topological polar surface area (TPSA) is 51.0 Å². The molecule has 13 heavy (non-hydrogen) atoms. The average molecular weight is 242 g/mol. The monoisotopic (exact) mass is 241 g/mol. The second kappa shape index (κ2) is 3.43. The molecule has 0 aliphatic carbocycles. The van der Waals surface area contributed by atoms with Crippen molar-refractivity contribution in [3.63, 3.8) is 0 Å². The molecule has 0 saturated heterocycles. The molecule has 0 fully saturated rings. The van der Waals surface area contributed by atoms with Crippen molar-refractivity contribution in [2.24, 2.45) is 0 Å². The Morgan fingerprint density at radius 3 is 3.23 bits per heavy atom. The maximum absolute atomic E-state index is 5.36. The summed E-state index contributed by atoms with van der Waals surface area (Å²) < 4.78 is 6.26. The van der Waals surface area contributed by atoms with Gasteiger partial charge in [0.25, 0.3) is 0 Å². The summed E-state index contributed by atoms with van der Waals surface area (Å²) in [5, 5.41) is 2.96. The predicted octanol–water partition coefficient (Wildman–Crippen LogP) is 1.70. The number of hydrogen-bond acceptors (Lipinski definition) is 4. The van der Waals surface area contributed by atoms with E-state index < -0.39 is 0 Å². The molecule has 0 radical (unpaired) electrons. The Balaban J connectivity index is 2.49. The van der Waals surface area contributed by atoms with Gasteiger partial charge in [0.2, 0.25) is 11.6 Å². The molecule has 2 rings (SSSR count). The standard InChI is InChI=1S/C8H8BrN3O/c1-10-4-7-12-6-2-5(9)3-11-8(6)13-7/h2-3,10H,4H2,1H3. The number of rotatable bonds is 2. The largest absolute Gasteiger partial charge is 0.421 e. The lowest BCUT2D eigenvalue weighted by atomic mass is 10.4. The van der Waals surface area contributed by atoms with Crippen LogP contribution in [0, 0.1) is 0 Å². The number of aromatic nitrogens is 2. The zero-order valence-corrected chi connectivity index (χ0v) is 8.63. The van der Waals surface area contributed by atoms with E-state index in [0.717, 1.165) is 9.99 Å². The molecule has 68 valence electrons. The van der Waals surface area contributed by atoms with E-state index in [4.69, 9.17) is 4.42 Å². The Labute approximate surface area is 83.5 Å². The number of oxazole rings is 1. The van der Waals surface area contributed by atoms with Crippen LogP contribution in [-0.4, -0.2) is 17.0 Å². The molecule has 0 aromatic carbocycles. The third-order valence-electron chi connectivity index (χ3n) is 1.59. The summed E-state index contributed by atoms with van der Waals surface area (Å²) in [5.74, 6) is 0.656. The molecule has 0 amide bonds. The highest BCUT2D eigenvalue weighted by atomic mass is 79.9. The molecule has 5 heteroatoms. The van der Waals surface area contributed by atoms with Gasteiger partial charge in [0.15, 0.2) is 0 Å². The molecule has 2 aromatic rings. The fourth-order valence-corrected chi connectivity index (χ4v) is 1.39. The Hall–Kier alpha value is -0.940. The summed E-state index contributed by atoms with van der Waals surface area (Å²) in [7, 11) is 1.85. The molecule has 0 aliphatic heterocycles. The summed E-state index contributed by atoms with van der Waals surface area (Å²) in [6.45, 7) is 0.619. The van der Waals surface area contributed by atoms with Crippen LogP contribution >= 0.6 is 15.9 Å². The van der Waals surface area contributed by atoms with Gasteiger partial charge in [-0.2, -0.15) is 0 Å². The van der Waals surface area contributed by atoms with Crippen LogP contribution in [-0.2, 0) is 6.54 Å². The van der Waals surface area contributed by atoms with Gasteiger partial charge in [-0.25, -0.2) is 9.97 Å². The van der Waals surface area contributed by atoms with Gasteiger partial charge >= 0.3 is 0 Å². The third-order valence-corrected chi connectivity index (χ3v) is 2.02. The number of pyridine rings is 1. The highest BCUT2D eigenvalue weighted by Gasteiger charge is 2.05. The lowest BCUT2D eigenvalue weighted by molar-refractivity contribution is 0.504. The summed E-state index contributed by atoms with van der Waals surface area (Å²) in [6, 6.07) is 1.88. The van der Waals surface area contributed by atoms with E-state index in [9.17, 15) is 0 Å². The Morgan fingerprint density at radius 2 is 2.46 bits per heavy atom. The first-order valence-corrected chi connectivity index (χ1v) is 4.64. The first kappa shape index (κ1) is 8.65. The summed E-state index contributed by atoms with van der Waals surface area (Å²) >= 11 is 3.32. The van der Waals surface area contributed by atoms with Crippen molar-refractivity contribution >= 4 is 27.2 Å². The Bertz CT molecular complexity index is 426. The van der Waals surface area contributed by atoms with Crippen LogP contribution in [0.5, 0.6) is 0 Å². The average Bonchev–Trinajstić information content (AvgIpc) is 2.46. The number of halogens is 1. The van der Waals surface area contributed by atoms with Crippen LogP contribution in [0.3, 0.4) is 0 Å². The minimum absolute atomic E-state index is 0.577. The Morgan fingerprint density at radius 1 is 1.62 bits per heavy atom. The lowest BCUT2D eigenvalue weighted by Crippen LogP contribution is -2.04. The minimum atomic E-state index is 0.577. The quantitative estimate of drug-likeness (QED) is 0.870. The fraction of sp³-hybridized carbons (Fsp3) is 0.250. The van der Waals surface area contributed by atoms with Crippen molar-refractivity contribution in [1.82, 2.24) is 15.3 Å². The van der Waals surface area contributed by atoms with Gasteiger partial charge in [-0.15, -0.1) is 0 Å². The van der Waals surface area contributed by atoms with Crippen LogP contribution in [0.2, 0.25) is 0 Å². The number of hydrogen-bond donors (Lipinski definition) is 1. The summed E-state index contributed by atoms with van der Waals surface area (Å²) in [6.07, 6.45) is 1.69. The molecule has 0 bridgehead atoms. The van der Waals surface area contributed by atoms with Crippen molar-refractivity contribution in [1.29, 1.82) is 0 Å². The van der Waals surface area contributed by atoms with Crippen molar-refractivity contribution < 1.29 is 4.42 Å². The van der Waals surface area contributed by atoms with Gasteiger partial charge in [0.05, 0.1) is 6.54 Å². The molecule has 4 nitrogen and oxygen atoms in total. The molecular formula is C8H8BrN3O. The molecule has 0 saturated carbocycles. The maximum atomic E-state index is 5.36. The van der Waals surface area contributed by atoms with E-state index in [1.807, 2.05) is 13.1 Å². The predicted molar refractivity (Wildman–Crippen MR) is 52.3 cm³/mol. The van der Waals surface area contributed by atoms with Crippen molar-refractivity contribution in [2.75, 3.05) is 7.05 Å². The molecule has 2 aromatic heterocycles. The molecule has 0 unspecified atom stereocenters. The van der Waals surface area contributed by atoms with Gasteiger partial charge < -0.3 is 9.73 Å². The second-order valence-electron chi connectivity index (χ2n) is 2.62. The number of nitrogens with one attached hydrogen (secondary N) is 1. The highest BCUT2D eigenvalue weighted by molar-refractivity contribution is 9.10. The fourth-order valence-electron chi connectivity index (χ4n) is 1.07. The first-order chi connectivity index (χ1) is 6.29. The van der Waals surface area contributed by atoms with E-state index in [1.54, 1.807) is 6.20 Å². The van der Waals surface area contributed by atoms with Crippen LogP contribution in [0.15, 0.2) is 21.2 Å². The van der Waals surface area contributed by atoms with Gasteiger partial charge in [0.1, 0.15) is 5.52 Å². The second-order valence-corrected chi connectivity index (χ2v) is 3.53. The van der Waals surface area contributed by atoms with Crippen molar-refractivity contribution in [3.05, 3.63) is 22.6 Å². The van der Waals surface area contributed by atoms with E-state index in [0.29, 0.717) is 18.1 Å². The normalized spacial score (nSPS) is 10.9. The summed E-state index contributed by atoms with van der Waals surface area (Å²) in [5.41, 5.74) is 1.35. The van der Waals surface area contributed by atoms with Gasteiger partial charge in [-0.1, -0.05) is 0 Å². The zero-order valence-electron chi connectivity index (χ0n) is 7.04. The number of fused-ring (bicyclic) bond motifs is 1. The molecule has 0 spiro atoms. The van der Waals surface area contributed by atoms with Crippen LogP contribution < -0.4 is 5.32 Å². The van der Waals surface area contributed by atoms with Gasteiger partial charge in [-0.3, -0.25) is 0 Å². The Kier molecular flexibility index (Phi) is 2.28. The van der Waals surface area contributed by atoms with Crippen molar-refractivity contribution in [3.8, 4) is 0 Å². The smallest absolute Gasteiger partial charge is 0.247 e. The van der Waals surface area contributed by atoms with E-state index >= 15 is 0 Å². The van der Waals surface area contributed by atoms with E-state index in [1.165, 1.54) is 0 Å². The maximum Gasteiger partial charge on any atom is 0.247 e. The zero-order chi connectivity index (χ0) is 9.26. The molecule has 2 heterocycles. The third kappa shape index (κ3) is 1.71. The van der Waals surface area contributed by atoms with Gasteiger partial charge in [-0.05, 0) is 29.0 Å².